The molecular weight excluding hydrogens is 228 g/mol. The van der Waals surface area contributed by atoms with Crippen molar-refractivity contribution in [2.75, 3.05) is 6.61 Å². The lowest BCUT2D eigenvalue weighted by Crippen LogP contribution is -2.23. The van der Waals surface area contributed by atoms with Crippen LogP contribution in [0.3, 0.4) is 0 Å². The van der Waals surface area contributed by atoms with E-state index in [1.165, 1.54) is 11.1 Å². The lowest BCUT2D eigenvalue weighted by Gasteiger charge is -2.16. The zero-order chi connectivity index (χ0) is 13.7. The summed E-state index contributed by atoms with van der Waals surface area (Å²) < 4.78 is 5.55. The van der Waals surface area contributed by atoms with Crippen molar-refractivity contribution in [2.45, 2.75) is 52.7 Å². The second-order valence-corrected chi connectivity index (χ2v) is 4.75. The Morgan fingerprint density at radius 3 is 2.39 bits per heavy atom. The summed E-state index contributed by atoms with van der Waals surface area (Å²) in [6, 6.07) is 4.03. The van der Waals surface area contributed by atoms with E-state index >= 15 is 0 Å². The Kier molecular flexibility index (Phi) is 5.63. The molecule has 102 valence electrons. The average molecular weight is 252 g/mol. The molecule has 0 saturated carbocycles. The highest BCUT2D eigenvalue weighted by Crippen LogP contribution is 2.25. The van der Waals surface area contributed by atoms with E-state index in [9.17, 15) is 10.2 Å². The third kappa shape index (κ3) is 3.72. The fourth-order valence-electron chi connectivity index (χ4n) is 1.98. The van der Waals surface area contributed by atoms with E-state index in [2.05, 4.69) is 13.8 Å². The van der Waals surface area contributed by atoms with Gasteiger partial charge in [0.05, 0.1) is 18.8 Å². The third-order valence-corrected chi connectivity index (χ3v) is 3.42. The lowest BCUT2D eigenvalue weighted by atomic mass is 9.96. The molecular formula is C15H24O3. The molecule has 18 heavy (non-hydrogen) atoms. The molecule has 2 atom stereocenters. The Hall–Kier alpha value is -1.06. The fraction of sp³-hybridized carbons (Fsp3) is 0.600. The molecule has 2 unspecified atom stereocenters. The van der Waals surface area contributed by atoms with E-state index in [1.54, 1.807) is 6.92 Å². The summed E-state index contributed by atoms with van der Waals surface area (Å²) in [7, 11) is 0. The minimum absolute atomic E-state index is 0.575. The van der Waals surface area contributed by atoms with Crippen molar-refractivity contribution in [3.8, 4) is 5.75 Å². The highest BCUT2D eigenvalue weighted by molar-refractivity contribution is 5.43. The van der Waals surface area contributed by atoms with Crippen molar-refractivity contribution < 1.29 is 14.9 Å². The van der Waals surface area contributed by atoms with Gasteiger partial charge in [0.1, 0.15) is 5.75 Å². The molecule has 1 aromatic rings. The summed E-state index contributed by atoms with van der Waals surface area (Å²) in [4.78, 5) is 0. The second kappa shape index (κ2) is 6.76. The Bertz CT molecular complexity index is 386. The van der Waals surface area contributed by atoms with Gasteiger partial charge < -0.3 is 14.9 Å². The normalized spacial score (nSPS) is 14.3. The van der Waals surface area contributed by atoms with Crippen LogP contribution >= 0.6 is 0 Å². The van der Waals surface area contributed by atoms with Crippen LogP contribution in [0.2, 0.25) is 0 Å². The van der Waals surface area contributed by atoms with Crippen LogP contribution in [0.4, 0.5) is 0 Å². The van der Waals surface area contributed by atoms with Crippen LogP contribution in [0.25, 0.3) is 0 Å². The molecule has 0 bridgehead atoms. The first-order valence-electron chi connectivity index (χ1n) is 6.55. The fourth-order valence-corrected chi connectivity index (χ4v) is 1.98. The first-order valence-corrected chi connectivity index (χ1v) is 6.55. The van der Waals surface area contributed by atoms with Crippen LogP contribution in [0, 0.1) is 13.8 Å². The molecule has 0 radical (unpaired) electrons. The summed E-state index contributed by atoms with van der Waals surface area (Å²) >= 11 is 0. The van der Waals surface area contributed by atoms with Gasteiger partial charge in [-0.15, -0.1) is 0 Å². The average Bonchev–Trinajstić information content (AvgIpc) is 2.33. The topological polar surface area (TPSA) is 49.7 Å². The predicted molar refractivity (Wildman–Crippen MR) is 73.1 cm³/mol. The van der Waals surface area contributed by atoms with E-state index in [0.717, 1.165) is 17.7 Å². The number of hydrogen-bond acceptors (Lipinski definition) is 3. The molecule has 0 aromatic heterocycles. The second-order valence-electron chi connectivity index (χ2n) is 4.75. The van der Waals surface area contributed by atoms with Gasteiger partial charge in [-0.25, -0.2) is 0 Å². The zero-order valence-corrected chi connectivity index (χ0v) is 11.7. The molecule has 0 heterocycles. The third-order valence-electron chi connectivity index (χ3n) is 3.42. The molecule has 3 nitrogen and oxygen atoms in total. The maximum Gasteiger partial charge on any atom is 0.122 e. The van der Waals surface area contributed by atoms with Crippen molar-refractivity contribution in [1.82, 2.24) is 0 Å². The SMILES string of the molecule is CCOc1ccc(CCC(O)C(C)O)c(C)c1C. The monoisotopic (exact) mass is 252 g/mol. The number of rotatable bonds is 6. The van der Waals surface area contributed by atoms with Crippen molar-refractivity contribution in [1.29, 1.82) is 0 Å². The first kappa shape index (κ1) is 15.0. The van der Waals surface area contributed by atoms with E-state index in [0.29, 0.717) is 13.0 Å². The van der Waals surface area contributed by atoms with Gasteiger partial charge in [0.25, 0.3) is 0 Å². The van der Waals surface area contributed by atoms with Gasteiger partial charge in [-0.2, -0.15) is 0 Å². The summed E-state index contributed by atoms with van der Waals surface area (Å²) in [5.74, 6) is 0.926. The van der Waals surface area contributed by atoms with Crippen LogP contribution in [0.1, 0.15) is 37.0 Å². The molecule has 1 aromatic carbocycles. The zero-order valence-electron chi connectivity index (χ0n) is 11.7. The van der Waals surface area contributed by atoms with E-state index < -0.39 is 12.2 Å². The van der Waals surface area contributed by atoms with Crippen LogP contribution in [0.5, 0.6) is 5.75 Å². The van der Waals surface area contributed by atoms with Crippen LogP contribution < -0.4 is 4.74 Å². The Morgan fingerprint density at radius 1 is 1.17 bits per heavy atom. The van der Waals surface area contributed by atoms with Gasteiger partial charge in [0, 0.05) is 0 Å². The van der Waals surface area contributed by atoms with E-state index in [4.69, 9.17) is 4.74 Å². The number of aliphatic hydroxyl groups is 2. The minimum atomic E-state index is -0.672. The molecule has 0 spiro atoms. The van der Waals surface area contributed by atoms with Gasteiger partial charge in [0.15, 0.2) is 0 Å². The number of hydrogen-bond donors (Lipinski definition) is 2. The molecule has 0 saturated heterocycles. The molecule has 0 amide bonds. The molecule has 1 rings (SSSR count). The largest absolute Gasteiger partial charge is 0.494 e. The Morgan fingerprint density at radius 2 is 1.83 bits per heavy atom. The summed E-state index contributed by atoms with van der Waals surface area (Å²) in [6.07, 6.45) is 0.0160. The summed E-state index contributed by atoms with van der Waals surface area (Å²) in [5.41, 5.74) is 3.57. The van der Waals surface area contributed by atoms with Gasteiger partial charge in [-0.05, 0) is 63.3 Å². The van der Waals surface area contributed by atoms with Crippen LogP contribution in [-0.4, -0.2) is 29.0 Å². The maximum absolute atomic E-state index is 9.61. The first-order chi connectivity index (χ1) is 8.47. The number of benzene rings is 1. The van der Waals surface area contributed by atoms with Crippen molar-refractivity contribution in [3.63, 3.8) is 0 Å². The molecule has 0 aliphatic heterocycles. The predicted octanol–water partition coefficient (Wildman–Crippen LogP) is 2.38. The summed E-state index contributed by atoms with van der Waals surface area (Å²) in [5, 5.41) is 18.9. The molecule has 0 aliphatic rings. The van der Waals surface area contributed by atoms with Crippen molar-refractivity contribution in [2.24, 2.45) is 0 Å². The summed E-state index contributed by atoms with van der Waals surface area (Å²) in [6.45, 7) is 8.37. The van der Waals surface area contributed by atoms with Gasteiger partial charge in [-0.1, -0.05) is 6.07 Å². The van der Waals surface area contributed by atoms with Crippen LogP contribution in [0.15, 0.2) is 12.1 Å². The Labute approximate surface area is 109 Å². The van der Waals surface area contributed by atoms with Crippen molar-refractivity contribution in [3.05, 3.63) is 28.8 Å². The Balaban J connectivity index is 2.76. The maximum atomic E-state index is 9.61. The number of aliphatic hydroxyl groups excluding tert-OH is 2. The van der Waals surface area contributed by atoms with Crippen LogP contribution in [-0.2, 0) is 6.42 Å². The molecule has 0 fully saturated rings. The van der Waals surface area contributed by atoms with E-state index in [-0.39, 0.29) is 0 Å². The smallest absolute Gasteiger partial charge is 0.122 e. The molecule has 2 N–H and O–H groups in total. The lowest BCUT2D eigenvalue weighted by molar-refractivity contribution is 0.0265. The quantitative estimate of drug-likeness (QED) is 0.817. The minimum Gasteiger partial charge on any atom is -0.494 e. The number of ether oxygens (including phenoxy) is 1. The van der Waals surface area contributed by atoms with Gasteiger partial charge in [-0.3, -0.25) is 0 Å². The number of aryl methyl sites for hydroxylation is 1. The molecule has 0 aliphatic carbocycles. The van der Waals surface area contributed by atoms with Crippen molar-refractivity contribution >= 4 is 0 Å². The standard InChI is InChI=1S/C15H24O3/c1-5-18-15-9-7-13(10(2)11(15)3)6-8-14(17)12(4)16/h7,9,12,14,16-17H,5-6,8H2,1-4H3. The van der Waals surface area contributed by atoms with E-state index in [1.807, 2.05) is 19.1 Å². The van der Waals surface area contributed by atoms with Gasteiger partial charge >= 0.3 is 0 Å². The van der Waals surface area contributed by atoms with Gasteiger partial charge in [0.2, 0.25) is 0 Å². The molecule has 3 heteroatoms. The highest BCUT2D eigenvalue weighted by Gasteiger charge is 2.13. The highest BCUT2D eigenvalue weighted by atomic mass is 16.5.